The summed E-state index contributed by atoms with van der Waals surface area (Å²) in [5, 5.41) is 9.74. The van der Waals surface area contributed by atoms with Crippen LogP contribution in [0.1, 0.15) is 30.5 Å². The Hall–Kier alpha value is -2.49. The Bertz CT molecular complexity index is 762. The molecule has 1 amide bonds. The first-order valence-electron chi connectivity index (χ1n) is 8.25. The van der Waals surface area contributed by atoms with Crippen molar-refractivity contribution >= 4 is 11.6 Å². The molecule has 4 heteroatoms. The maximum absolute atomic E-state index is 12.9. The number of ether oxygens (including phenoxy) is 1. The lowest BCUT2D eigenvalue weighted by Crippen LogP contribution is -2.49. The average molecular weight is 325 g/mol. The van der Waals surface area contributed by atoms with E-state index in [1.54, 1.807) is 23.1 Å². The number of hydrogen-bond donors (Lipinski definition) is 1. The minimum absolute atomic E-state index is 0.0105. The summed E-state index contributed by atoms with van der Waals surface area (Å²) in [7, 11) is 0. The molecule has 1 heterocycles. The molecule has 0 radical (unpaired) electrons. The van der Waals surface area contributed by atoms with Crippen molar-refractivity contribution in [3.63, 3.8) is 0 Å². The van der Waals surface area contributed by atoms with Crippen LogP contribution in [-0.2, 0) is 11.2 Å². The Kier molecular flexibility index (Phi) is 4.22. The van der Waals surface area contributed by atoms with Gasteiger partial charge in [-0.25, -0.2) is 0 Å². The van der Waals surface area contributed by atoms with Gasteiger partial charge in [-0.3, -0.25) is 4.79 Å². The lowest BCUT2D eigenvalue weighted by Gasteiger charge is -2.37. The molecule has 0 spiro atoms. The van der Waals surface area contributed by atoms with E-state index in [0.717, 1.165) is 5.56 Å². The number of amides is 1. The molecule has 0 aliphatic carbocycles. The lowest BCUT2D eigenvalue weighted by molar-refractivity contribution is -0.126. The van der Waals surface area contributed by atoms with E-state index in [1.165, 1.54) is 11.1 Å². The summed E-state index contributed by atoms with van der Waals surface area (Å²) in [6.45, 7) is 8.03. The van der Waals surface area contributed by atoms with Crippen LogP contribution in [0.4, 0.5) is 5.69 Å². The van der Waals surface area contributed by atoms with Gasteiger partial charge in [0.15, 0.2) is 6.10 Å². The molecule has 2 aromatic carbocycles. The van der Waals surface area contributed by atoms with Gasteiger partial charge in [-0.1, -0.05) is 29.3 Å². The van der Waals surface area contributed by atoms with Crippen molar-refractivity contribution in [1.29, 1.82) is 0 Å². The largest absolute Gasteiger partial charge is 0.508 e. The van der Waals surface area contributed by atoms with E-state index in [9.17, 15) is 9.90 Å². The average Bonchev–Trinajstić information content (AvgIpc) is 2.47. The fourth-order valence-corrected chi connectivity index (χ4v) is 3.33. The molecule has 1 aliphatic rings. The van der Waals surface area contributed by atoms with Gasteiger partial charge in [-0.15, -0.1) is 0 Å². The van der Waals surface area contributed by atoms with Crippen molar-refractivity contribution in [2.75, 3.05) is 4.90 Å². The fraction of sp³-hybridized carbons (Fsp3) is 0.350. The minimum atomic E-state index is -0.550. The summed E-state index contributed by atoms with van der Waals surface area (Å²) in [6.07, 6.45) is -0.0177. The third-order valence-corrected chi connectivity index (χ3v) is 4.20. The normalized spacial score (nSPS) is 17.0. The van der Waals surface area contributed by atoms with Gasteiger partial charge in [0.25, 0.3) is 5.91 Å². The molecule has 3 rings (SSSR count). The highest BCUT2D eigenvalue weighted by atomic mass is 16.5. The quantitative estimate of drug-likeness (QED) is 0.935. The Morgan fingerprint density at radius 3 is 2.42 bits per heavy atom. The topological polar surface area (TPSA) is 49.8 Å². The van der Waals surface area contributed by atoms with Crippen molar-refractivity contribution < 1.29 is 14.6 Å². The third kappa shape index (κ3) is 3.09. The molecule has 1 aliphatic heterocycles. The first-order chi connectivity index (χ1) is 11.3. The number of carbonyl (C=O) groups is 1. The number of fused-ring (bicyclic) bond motifs is 1. The van der Waals surface area contributed by atoms with Gasteiger partial charge >= 0.3 is 0 Å². The second-order valence-electron chi connectivity index (χ2n) is 6.76. The maximum Gasteiger partial charge on any atom is 0.268 e. The molecule has 4 nitrogen and oxygen atoms in total. The van der Waals surface area contributed by atoms with Gasteiger partial charge in [-0.05, 0) is 45.4 Å². The van der Waals surface area contributed by atoms with Crippen LogP contribution < -0.4 is 9.64 Å². The summed E-state index contributed by atoms with van der Waals surface area (Å²) in [5.74, 6) is 0.696. The second-order valence-corrected chi connectivity index (χ2v) is 6.76. The summed E-state index contributed by atoms with van der Waals surface area (Å²) in [6, 6.07) is 11.2. The molecule has 0 bridgehead atoms. The number of aryl methyl sites for hydroxylation is 2. The van der Waals surface area contributed by atoms with Crippen molar-refractivity contribution in [3.8, 4) is 11.5 Å². The van der Waals surface area contributed by atoms with Crippen LogP contribution in [0, 0.1) is 13.8 Å². The zero-order valence-corrected chi connectivity index (χ0v) is 14.5. The first-order valence-corrected chi connectivity index (χ1v) is 8.25. The molecule has 0 fully saturated rings. The fourth-order valence-electron chi connectivity index (χ4n) is 3.33. The van der Waals surface area contributed by atoms with E-state index in [-0.39, 0.29) is 17.7 Å². The minimum Gasteiger partial charge on any atom is -0.508 e. The van der Waals surface area contributed by atoms with Crippen LogP contribution in [0.15, 0.2) is 36.4 Å². The molecular weight excluding hydrogens is 302 g/mol. The number of phenolic OH excluding ortho intramolecular Hbond substituents is 1. The monoisotopic (exact) mass is 325 g/mol. The van der Waals surface area contributed by atoms with Gasteiger partial charge in [-0.2, -0.15) is 0 Å². The van der Waals surface area contributed by atoms with Crippen LogP contribution in [0.5, 0.6) is 11.5 Å². The third-order valence-electron chi connectivity index (χ3n) is 4.20. The van der Waals surface area contributed by atoms with Gasteiger partial charge < -0.3 is 14.7 Å². The Morgan fingerprint density at radius 2 is 1.79 bits per heavy atom. The van der Waals surface area contributed by atoms with Crippen molar-refractivity contribution in [2.45, 2.75) is 46.3 Å². The smallest absolute Gasteiger partial charge is 0.268 e. The highest BCUT2D eigenvalue weighted by Gasteiger charge is 2.36. The number of nitrogens with zero attached hydrogens (tertiary/aromatic N) is 1. The van der Waals surface area contributed by atoms with E-state index < -0.39 is 6.10 Å². The summed E-state index contributed by atoms with van der Waals surface area (Å²) < 4.78 is 5.96. The molecule has 1 N–H and O–H groups in total. The molecular formula is C20H23NO3. The number of hydrogen-bond acceptors (Lipinski definition) is 3. The molecule has 24 heavy (non-hydrogen) atoms. The Balaban J connectivity index is 1.95. The van der Waals surface area contributed by atoms with E-state index in [1.807, 2.05) is 13.8 Å². The van der Waals surface area contributed by atoms with Crippen molar-refractivity contribution in [2.24, 2.45) is 0 Å². The number of rotatable bonds is 3. The van der Waals surface area contributed by atoms with E-state index >= 15 is 0 Å². The predicted octanol–water partition coefficient (Wildman–Crippen LogP) is 3.75. The zero-order chi connectivity index (χ0) is 17.4. The number of benzene rings is 2. The molecule has 2 aromatic rings. The molecule has 1 atom stereocenters. The van der Waals surface area contributed by atoms with Gasteiger partial charge in [0.05, 0.1) is 5.69 Å². The molecule has 126 valence electrons. The Labute approximate surface area is 142 Å². The SMILES string of the molecule is Cc1cc(C)cc(CC2Oc3ccc(O)cc3N(C(C)C)C2=O)c1. The highest BCUT2D eigenvalue weighted by Crippen LogP contribution is 2.38. The van der Waals surface area contributed by atoms with Gasteiger partial charge in [0, 0.05) is 18.5 Å². The number of aromatic hydroxyl groups is 1. The summed E-state index contributed by atoms with van der Waals surface area (Å²) >= 11 is 0. The van der Waals surface area contributed by atoms with E-state index in [4.69, 9.17) is 4.74 Å². The standard InChI is InChI=1S/C20H23NO3/c1-12(2)21-17-11-16(22)5-6-18(17)24-19(20(21)23)10-15-8-13(3)7-14(4)9-15/h5-9,11-12,19,22H,10H2,1-4H3. The number of phenols is 1. The second kappa shape index (κ2) is 6.19. The zero-order valence-electron chi connectivity index (χ0n) is 14.5. The highest BCUT2D eigenvalue weighted by molar-refractivity contribution is 6.00. The predicted molar refractivity (Wildman–Crippen MR) is 94.8 cm³/mol. The van der Waals surface area contributed by atoms with Crippen molar-refractivity contribution in [1.82, 2.24) is 0 Å². The van der Waals surface area contributed by atoms with Gasteiger partial charge in [0.1, 0.15) is 11.5 Å². The molecule has 1 unspecified atom stereocenters. The summed E-state index contributed by atoms with van der Waals surface area (Å²) in [5.41, 5.74) is 4.09. The van der Waals surface area contributed by atoms with Crippen LogP contribution in [0.25, 0.3) is 0 Å². The molecule has 0 aromatic heterocycles. The Morgan fingerprint density at radius 1 is 1.12 bits per heavy atom. The first kappa shape index (κ1) is 16.4. The maximum atomic E-state index is 12.9. The molecule has 0 saturated heterocycles. The number of anilines is 1. The van der Waals surface area contributed by atoms with E-state index in [0.29, 0.717) is 17.9 Å². The van der Waals surface area contributed by atoms with Crippen molar-refractivity contribution in [3.05, 3.63) is 53.1 Å². The van der Waals surface area contributed by atoms with Gasteiger partial charge in [0.2, 0.25) is 0 Å². The van der Waals surface area contributed by atoms with Crippen LogP contribution in [-0.4, -0.2) is 23.2 Å². The van der Waals surface area contributed by atoms with E-state index in [2.05, 4.69) is 32.0 Å². The molecule has 0 saturated carbocycles. The van der Waals surface area contributed by atoms with Crippen LogP contribution in [0.3, 0.4) is 0 Å². The number of carbonyl (C=O) groups excluding carboxylic acids is 1. The van der Waals surface area contributed by atoms with Crippen LogP contribution in [0.2, 0.25) is 0 Å². The van der Waals surface area contributed by atoms with Crippen LogP contribution >= 0.6 is 0 Å². The summed E-state index contributed by atoms with van der Waals surface area (Å²) in [4.78, 5) is 14.6. The lowest BCUT2D eigenvalue weighted by atomic mass is 10.00.